The quantitative estimate of drug-likeness (QED) is 0.944. The Morgan fingerprint density at radius 1 is 1.29 bits per heavy atom. The van der Waals surface area contributed by atoms with Crippen LogP contribution in [-0.2, 0) is 0 Å². The molecular formula is C15H21N5S. The van der Waals surface area contributed by atoms with Crippen LogP contribution in [0.15, 0.2) is 35.5 Å². The number of tetrazole rings is 1. The Balaban J connectivity index is 1.81. The lowest BCUT2D eigenvalue weighted by Gasteiger charge is -2.38. The molecule has 0 spiro atoms. The molecule has 0 amide bonds. The van der Waals surface area contributed by atoms with Gasteiger partial charge in [-0.05, 0) is 47.2 Å². The summed E-state index contributed by atoms with van der Waals surface area (Å²) >= 11 is 1.70. The summed E-state index contributed by atoms with van der Waals surface area (Å²) in [6.45, 7) is 4.62. The van der Waals surface area contributed by atoms with Crippen molar-refractivity contribution in [2.24, 2.45) is 11.1 Å². The fraction of sp³-hybridized carbons (Fsp3) is 0.533. The number of thioether (sulfide) groups is 1. The highest BCUT2D eigenvalue weighted by Gasteiger charge is 2.34. The van der Waals surface area contributed by atoms with Crippen LogP contribution in [0, 0.1) is 5.41 Å². The summed E-state index contributed by atoms with van der Waals surface area (Å²) < 4.78 is 1.79. The number of benzene rings is 1. The molecule has 0 saturated heterocycles. The van der Waals surface area contributed by atoms with E-state index in [1.165, 1.54) is 6.42 Å². The Morgan fingerprint density at radius 2 is 2.05 bits per heavy atom. The van der Waals surface area contributed by atoms with Crippen molar-refractivity contribution in [2.75, 3.05) is 0 Å². The fourth-order valence-electron chi connectivity index (χ4n) is 2.79. The molecule has 0 radical (unpaired) electrons. The predicted molar refractivity (Wildman–Crippen MR) is 84.4 cm³/mol. The molecule has 2 atom stereocenters. The zero-order valence-electron chi connectivity index (χ0n) is 12.4. The Hall–Kier alpha value is -1.40. The standard InChI is InChI=1S/C15H21N5S/c1-15(2)9-8-12(16)13(10-15)21-14-17-18-19-20(14)11-6-4-3-5-7-11/h3-7,12-13H,8-10,16H2,1-2H3. The molecule has 2 unspecified atom stereocenters. The minimum Gasteiger partial charge on any atom is -0.327 e. The second kappa shape index (κ2) is 5.77. The topological polar surface area (TPSA) is 69.6 Å². The van der Waals surface area contributed by atoms with Gasteiger partial charge in [-0.15, -0.1) is 5.10 Å². The Morgan fingerprint density at radius 3 is 2.81 bits per heavy atom. The largest absolute Gasteiger partial charge is 0.327 e. The number of rotatable bonds is 3. The van der Waals surface area contributed by atoms with Gasteiger partial charge in [0.05, 0.1) is 5.69 Å². The van der Waals surface area contributed by atoms with Gasteiger partial charge in [-0.1, -0.05) is 43.8 Å². The van der Waals surface area contributed by atoms with Gasteiger partial charge < -0.3 is 5.73 Å². The summed E-state index contributed by atoms with van der Waals surface area (Å²) in [5.74, 6) is 0. The molecule has 112 valence electrons. The number of nitrogens with two attached hydrogens (primary N) is 1. The van der Waals surface area contributed by atoms with Crippen molar-refractivity contribution in [3.63, 3.8) is 0 Å². The predicted octanol–water partition coefficient (Wildman–Crippen LogP) is 2.66. The third-order valence-corrected chi connectivity index (χ3v) is 5.37. The molecule has 5 nitrogen and oxygen atoms in total. The van der Waals surface area contributed by atoms with Crippen molar-refractivity contribution in [3.8, 4) is 5.69 Å². The molecule has 0 aliphatic heterocycles. The maximum absolute atomic E-state index is 6.31. The average molecular weight is 303 g/mol. The van der Waals surface area contributed by atoms with Gasteiger partial charge in [0.1, 0.15) is 0 Å². The first-order chi connectivity index (χ1) is 10.1. The zero-order chi connectivity index (χ0) is 14.9. The zero-order valence-corrected chi connectivity index (χ0v) is 13.3. The van der Waals surface area contributed by atoms with Crippen molar-refractivity contribution >= 4 is 11.8 Å². The van der Waals surface area contributed by atoms with E-state index >= 15 is 0 Å². The smallest absolute Gasteiger partial charge is 0.214 e. The van der Waals surface area contributed by atoms with E-state index in [0.29, 0.717) is 10.7 Å². The molecule has 2 aromatic rings. The van der Waals surface area contributed by atoms with Gasteiger partial charge in [0.25, 0.3) is 0 Å². The van der Waals surface area contributed by atoms with Crippen molar-refractivity contribution < 1.29 is 0 Å². The number of hydrogen-bond donors (Lipinski definition) is 1. The second-order valence-corrected chi connectivity index (χ2v) is 7.64. The van der Waals surface area contributed by atoms with E-state index in [1.54, 1.807) is 16.4 Å². The van der Waals surface area contributed by atoms with E-state index in [4.69, 9.17) is 5.73 Å². The number of hydrogen-bond acceptors (Lipinski definition) is 5. The van der Waals surface area contributed by atoms with Gasteiger partial charge in [0.15, 0.2) is 0 Å². The number of nitrogens with zero attached hydrogens (tertiary/aromatic N) is 4. The summed E-state index contributed by atoms with van der Waals surface area (Å²) in [5, 5.41) is 13.3. The maximum atomic E-state index is 6.31. The van der Waals surface area contributed by atoms with Gasteiger partial charge in [-0.25, -0.2) is 0 Å². The van der Waals surface area contributed by atoms with Crippen molar-refractivity contribution in [1.29, 1.82) is 0 Å². The summed E-state index contributed by atoms with van der Waals surface area (Å²) in [6.07, 6.45) is 3.35. The lowest BCUT2D eigenvalue weighted by Crippen LogP contribution is -2.41. The van der Waals surface area contributed by atoms with E-state index in [2.05, 4.69) is 29.4 Å². The summed E-state index contributed by atoms with van der Waals surface area (Å²) in [6, 6.07) is 10.2. The molecule has 21 heavy (non-hydrogen) atoms. The second-order valence-electron chi connectivity index (χ2n) is 6.44. The third kappa shape index (κ3) is 3.27. The SMILES string of the molecule is CC1(C)CCC(N)C(Sc2nnnn2-c2ccccc2)C1. The summed E-state index contributed by atoms with van der Waals surface area (Å²) in [5.41, 5.74) is 7.63. The maximum Gasteiger partial charge on any atom is 0.214 e. The van der Waals surface area contributed by atoms with E-state index in [9.17, 15) is 0 Å². The number of aromatic nitrogens is 4. The van der Waals surface area contributed by atoms with Gasteiger partial charge in [0.2, 0.25) is 5.16 Å². The van der Waals surface area contributed by atoms with Crippen LogP contribution >= 0.6 is 11.8 Å². The van der Waals surface area contributed by atoms with E-state index < -0.39 is 0 Å². The first kappa shape index (κ1) is 14.5. The molecule has 1 heterocycles. The van der Waals surface area contributed by atoms with Crippen LogP contribution in [0.25, 0.3) is 5.69 Å². The van der Waals surface area contributed by atoms with Crippen LogP contribution in [0.3, 0.4) is 0 Å². The van der Waals surface area contributed by atoms with E-state index in [0.717, 1.165) is 23.7 Å². The van der Waals surface area contributed by atoms with Crippen molar-refractivity contribution in [3.05, 3.63) is 30.3 Å². The van der Waals surface area contributed by atoms with Gasteiger partial charge in [-0.2, -0.15) is 4.68 Å². The molecule has 3 rings (SSSR count). The summed E-state index contributed by atoms with van der Waals surface area (Å²) in [4.78, 5) is 0. The van der Waals surface area contributed by atoms with Crippen LogP contribution in [-0.4, -0.2) is 31.5 Å². The minimum absolute atomic E-state index is 0.212. The highest BCUT2D eigenvalue weighted by molar-refractivity contribution is 7.99. The molecule has 1 fully saturated rings. The molecule has 1 saturated carbocycles. The highest BCUT2D eigenvalue weighted by atomic mass is 32.2. The van der Waals surface area contributed by atoms with Gasteiger partial charge >= 0.3 is 0 Å². The normalized spacial score (nSPS) is 24.9. The van der Waals surface area contributed by atoms with E-state index in [1.807, 2.05) is 30.3 Å². The lowest BCUT2D eigenvalue weighted by molar-refractivity contribution is 0.232. The molecule has 1 aliphatic rings. The highest BCUT2D eigenvalue weighted by Crippen LogP contribution is 2.41. The van der Waals surface area contributed by atoms with Crippen LogP contribution in [0.5, 0.6) is 0 Å². The molecule has 2 N–H and O–H groups in total. The van der Waals surface area contributed by atoms with Crippen molar-refractivity contribution in [2.45, 2.75) is 49.6 Å². The van der Waals surface area contributed by atoms with Crippen LogP contribution < -0.4 is 5.73 Å². The van der Waals surface area contributed by atoms with E-state index in [-0.39, 0.29) is 6.04 Å². The Labute approximate surface area is 129 Å². The Bertz CT molecular complexity index is 595. The van der Waals surface area contributed by atoms with Crippen molar-refractivity contribution in [1.82, 2.24) is 20.2 Å². The molecule has 1 aromatic heterocycles. The number of para-hydroxylation sites is 1. The lowest BCUT2D eigenvalue weighted by atomic mass is 9.75. The first-order valence-corrected chi connectivity index (χ1v) is 8.19. The molecule has 0 bridgehead atoms. The van der Waals surface area contributed by atoms with Gasteiger partial charge in [-0.3, -0.25) is 0 Å². The average Bonchev–Trinajstić information content (AvgIpc) is 2.92. The van der Waals surface area contributed by atoms with Gasteiger partial charge in [0, 0.05) is 11.3 Å². The monoisotopic (exact) mass is 303 g/mol. The molecule has 1 aromatic carbocycles. The summed E-state index contributed by atoms with van der Waals surface area (Å²) in [7, 11) is 0. The minimum atomic E-state index is 0.212. The van der Waals surface area contributed by atoms with Crippen LogP contribution in [0.4, 0.5) is 0 Å². The third-order valence-electron chi connectivity index (χ3n) is 4.08. The Kier molecular flexibility index (Phi) is 3.99. The molecule has 1 aliphatic carbocycles. The molecular weight excluding hydrogens is 282 g/mol. The van der Waals surface area contributed by atoms with Crippen LogP contribution in [0.1, 0.15) is 33.1 Å². The van der Waals surface area contributed by atoms with Crippen LogP contribution in [0.2, 0.25) is 0 Å². The molecule has 6 heteroatoms. The fourth-order valence-corrected chi connectivity index (χ4v) is 4.23. The first-order valence-electron chi connectivity index (χ1n) is 7.31.